The summed E-state index contributed by atoms with van der Waals surface area (Å²) in [4.78, 5) is 12.6. The van der Waals surface area contributed by atoms with E-state index in [2.05, 4.69) is 0 Å². The highest BCUT2D eigenvalue weighted by atomic mass is 16.5. The molecule has 4 nitrogen and oxygen atoms in total. The Labute approximate surface area is 147 Å². The standard InChI is InChI=1S/C21H21NO3/c1-4-25-21(24)19-14(2)15(3)22(17-10-12-18(23)13-11-17)20(19)16-8-6-5-7-9-16/h5-13,23H,4H2,1-3H3. The number of ether oxygens (including phenoxy) is 1. The normalized spacial score (nSPS) is 10.7. The number of hydrogen-bond acceptors (Lipinski definition) is 3. The first-order valence-corrected chi connectivity index (χ1v) is 8.28. The lowest BCUT2D eigenvalue weighted by molar-refractivity contribution is 0.0526. The number of esters is 1. The molecular weight excluding hydrogens is 314 g/mol. The smallest absolute Gasteiger partial charge is 0.340 e. The number of phenols is 1. The van der Waals surface area contributed by atoms with Gasteiger partial charge < -0.3 is 14.4 Å². The predicted octanol–water partition coefficient (Wildman–Crippen LogP) is 4.64. The number of rotatable bonds is 4. The maximum atomic E-state index is 12.6. The van der Waals surface area contributed by atoms with Gasteiger partial charge in [-0.2, -0.15) is 0 Å². The van der Waals surface area contributed by atoms with Gasteiger partial charge in [0.15, 0.2) is 0 Å². The van der Waals surface area contributed by atoms with Crippen molar-refractivity contribution in [3.63, 3.8) is 0 Å². The van der Waals surface area contributed by atoms with Crippen LogP contribution in [0.25, 0.3) is 16.9 Å². The summed E-state index contributed by atoms with van der Waals surface area (Å²) in [6.45, 7) is 6.05. The summed E-state index contributed by atoms with van der Waals surface area (Å²) in [6.07, 6.45) is 0. The first-order valence-electron chi connectivity index (χ1n) is 8.28. The van der Waals surface area contributed by atoms with Gasteiger partial charge in [-0.1, -0.05) is 30.3 Å². The van der Waals surface area contributed by atoms with Gasteiger partial charge in [0.2, 0.25) is 0 Å². The van der Waals surface area contributed by atoms with Gasteiger partial charge in [-0.05, 0) is 56.2 Å². The fourth-order valence-electron chi connectivity index (χ4n) is 3.05. The lowest BCUT2D eigenvalue weighted by Gasteiger charge is -2.13. The zero-order valence-electron chi connectivity index (χ0n) is 14.6. The summed E-state index contributed by atoms with van der Waals surface area (Å²) in [5.41, 5.74) is 5.07. The molecule has 1 aromatic heterocycles. The van der Waals surface area contributed by atoms with E-state index in [0.717, 1.165) is 28.2 Å². The lowest BCUT2D eigenvalue weighted by Crippen LogP contribution is -2.08. The first-order chi connectivity index (χ1) is 12.0. The average Bonchev–Trinajstić information content (AvgIpc) is 2.88. The molecule has 1 N–H and O–H groups in total. The minimum absolute atomic E-state index is 0.206. The molecule has 0 saturated carbocycles. The molecule has 0 aliphatic carbocycles. The van der Waals surface area contributed by atoms with E-state index >= 15 is 0 Å². The Morgan fingerprint density at radius 2 is 1.68 bits per heavy atom. The van der Waals surface area contributed by atoms with Gasteiger partial charge in [-0.3, -0.25) is 0 Å². The molecule has 0 fully saturated rings. The predicted molar refractivity (Wildman–Crippen MR) is 98.3 cm³/mol. The van der Waals surface area contributed by atoms with E-state index < -0.39 is 0 Å². The summed E-state index contributed by atoms with van der Waals surface area (Å²) in [6, 6.07) is 16.8. The van der Waals surface area contributed by atoms with Crippen LogP contribution in [0.4, 0.5) is 0 Å². The van der Waals surface area contributed by atoms with E-state index in [4.69, 9.17) is 4.74 Å². The molecule has 25 heavy (non-hydrogen) atoms. The van der Waals surface area contributed by atoms with Crippen molar-refractivity contribution in [3.8, 4) is 22.7 Å². The molecular formula is C21H21NO3. The molecule has 0 atom stereocenters. The minimum atomic E-state index is -0.320. The van der Waals surface area contributed by atoms with Gasteiger partial charge in [0.25, 0.3) is 0 Å². The molecule has 0 unspecified atom stereocenters. The van der Waals surface area contributed by atoms with E-state index in [1.54, 1.807) is 19.1 Å². The van der Waals surface area contributed by atoms with Gasteiger partial charge in [0.1, 0.15) is 5.75 Å². The highest BCUT2D eigenvalue weighted by molar-refractivity contribution is 5.99. The van der Waals surface area contributed by atoms with E-state index in [0.29, 0.717) is 12.2 Å². The summed E-state index contributed by atoms with van der Waals surface area (Å²) in [5.74, 6) is -0.114. The topological polar surface area (TPSA) is 51.5 Å². The van der Waals surface area contributed by atoms with Crippen molar-refractivity contribution >= 4 is 5.97 Å². The molecule has 0 amide bonds. The Bertz CT molecular complexity index is 893. The monoisotopic (exact) mass is 335 g/mol. The fourth-order valence-corrected chi connectivity index (χ4v) is 3.05. The quantitative estimate of drug-likeness (QED) is 0.707. The van der Waals surface area contributed by atoms with Crippen LogP contribution in [-0.2, 0) is 4.74 Å². The highest BCUT2D eigenvalue weighted by Crippen LogP contribution is 2.35. The van der Waals surface area contributed by atoms with Gasteiger partial charge in [0, 0.05) is 11.4 Å². The number of hydrogen-bond donors (Lipinski definition) is 1. The number of aromatic hydroxyl groups is 1. The number of aromatic nitrogens is 1. The Hall–Kier alpha value is -3.01. The van der Waals surface area contributed by atoms with Crippen molar-refractivity contribution in [2.75, 3.05) is 6.61 Å². The third kappa shape index (κ3) is 3.03. The van der Waals surface area contributed by atoms with Gasteiger partial charge in [-0.15, -0.1) is 0 Å². The van der Waals surface area contributed by atoms with Crippen LogP contribution in [-0.4, -0.2) is 22.2 Å². The second-order valence-corrected chi connectivity index (χ2v) is 5.87. The summed E-state index contributed by atoms with van der Waals surface area (Å²) in [5, 5.41) is 9.59. The van der Waals surface area contributed by atoms with Crippen LogP contribution in [0.15, 0.2) is 54.6 Å². The van der Waals surface area contributed by atoms with Crippen molar-refractivity contribution in [1.29, 1.82) is 0 Å². The van der Waals surface area contributed by atoms with Crippen LogP contribution in [0.1, 0.15) is 28.5 Å². The Kier molecular flexibility index (Phi) is 4.61. The average molecular weight is 335 g/mol. The lowest BCUT2D eigenvalue weighted by atomic mass is 10.0. The Morgan fingerprint density at radius 1 is 1.04 bits per heavy atom. The van der Waals surface area contributed by atoms with Crippen LogP contribution in [0.5, 0.6) is 5.75 Å². The van der Waals surface area contributed by atoms with E-state index in [1.807, 2.05) is 60.9 Å². The number of carbonyl (C=O) groups excluding carboxylic acids is 1. The maximum Gasteiger partial charge on any atom is 0.340 e. The molecule has 128 valence electrons. The van der Waals surface area contributed by atoms with Crippen molar-refractivity contribution in [2.45, 2.75) is 20.8 Å². The number of carbonyl (C=O) groups is 1. The molecule has 0 aliphatic rings. The molecule has 0 spiro atoms. The Balaban J connectivity index is 2.32. The van der Waals surface area contributed by atoms with Crippen molar-refractivity contribution in [2.24, 2.45) is 0 Å². The summed E-state index contributed by atoms with van der Waals surface area (Å²) in [7, 11) is 0. The molecule has 0 aliphatic heterocycles. The molecule has 0 bridgehead atoms. The second-order valence-electron chi connectivity index (χ2n) is 5.87. The third-order valence-corrected chi connectivity index (χ3v) is 4.35. The molecule has 0 radical (unpaired) electrons. The van der Waals surface area contributed by atoms with Crippen LogP contribution in [0.2, 0.25) is 0 Å². The molecule has 2 aromatic carbocycles. The van der Waals surface area contributed by atoms with Crippen LogP contribution >= 0.6 is 0 Å². The van der Waals surface area contributed by atoms with Crippen molar-refractivity contribution < 1.29 is 14.6 Å². The third-order valence-electron chi connectivity index (χ3n) is 4.35. The van der Waals surface area contributed by atoms with Crippen molar-refractivity contribution in [1.82, 2.24) is 4.57 Å². The summed E-state index contributed by atoms with van der Waals surface area (Å²) >= 11 is 0. The van der Waals surface area contributed by atoms with Crippen LogP contribution in [0, 0.1) is 13.8 Å². The molecule has 3 rings (SSSR count). The number of phenolic OH excluding ortho intramolecular Hbond substituents is 1. The largest absolute Gasteiger partial charge is 0.508 e. The molecule has 0 saturated heterocycles. The number of nitrogens with zero attached hydrogens (tertiary/aromatic N) is 1. The fraction of sp³-hybridized carbons (Fsp3) is 0.190. The Morgan fingerprint density at radius 3 is 2.28 bits per heavy atom. The van der Waals surface area contributed by atoms with Crippen molar-refractivity contribution in [3.05, 3.63) is 71.4 Å². The van der Waals surface area contributed by atoms with E-state index in [9.17, 15) is 9.90 Å². The second kappa shape index (κ2) is 6.85. The molecule has 1 heterocycles. The number of benzene rings is 2. The minimum Gasteiger partial charge on any atom is -0.508 e. The summed E-state index contributed by atoms with van der Waals surface area (Å²) < 4.78 is 7.34. The maximum absolute atomic E-state index is 12.6. The van der Waals surface area contributed by atoms with Crippen LogP contribution < -0.4 is 0 Å². The van der Waals surface area contributed by atoms with Gasteiger partial charge in [0.05, 0.1) is 17.9 Å². The first kappa shape index (κ1) is 16.8. The van der Waals surface area contributed by atoms with Gasteiger partial charge in [-0.25, -0.2) is 4.79 Å². The van der Waals surface area contributed by atoms with E-state index in [1.165, 1.54) is 0 Å². The van der Waals surface area contributed by atoms with E-state index in [-0.39, 0.29) is 11.7 Å². The molecule has 3 aromatic rings. The van der Waals surface area contributed by atoms with Crippen LogP contribution in [0.3, 0.4) is 0 Å². The molecule has 4 heteroatoms. The highest BCUT2D eigenvalue weighted by Gasteiger charge is 2.25. The zero-order valence-corrected chi connectivity index (χ0v) is 14.6. The SMILES string of the molecule is CCOC(=O)c1c(C)c(C)n(-c2ccc(O)cc2)c1-c1ccccc1. The zero-order chi connectivity index (χ0) is 18.0. The van der Waals surface area contributed by atoms with Gasteiger partial charge >= 0.3 is 5.97 Å².